The maximum Gasteiger partial charge on any atom is 0.254 e. The van der Waals surface area contributed by atoms with E-state index in [2.05, 4.69) is 6.58 Å². The van der Waals surface area contributed by atoms with Gasteiger partial charge in [0, 0.05) is 11.6 Å². The van der Waals surface area contributed by atoms with Crippen molar-refractivity contribution >= 4 is 16.8 Å². The van der Waals surface area contributed by atoms with Crippen LogP contribution in [0.4, 0.5) is 0 Å². The lowest BCUT2D eigenvalue weighted by Gasteiger charge is -2.07. The van der Waals surface area contributed by atoms with E-state index < -0.39 is 0 Å². The predicted molar refractivity (Wildman–Crippen MR) is 83.5 cm³/mol. The van der Waals surface area contributed by atoms with Crippen LogP contribution in [0.3, 0.4) is 0 Å². The van der Waals surface area contributed by atoms with E-state index in [9.17, 15) is 4.79 Å². The Bertz CT molecular complexity index is 787. The fourth-order valence-electron chi connectivity index (χ4n) is 2.24. The molecule has 0 N–H and O–H groups in total. The van der Waals surface area contributed by atoms with Crippen molar-refractivity contribution in [1.82, 2.24) is 4.57 Å². The second-order valence-electron chi connectivity index (χ2n) is 4.72. The summed E-state index contributed by atoms with van der Waals surface area (Å²) in [6, 6.07) is 17.6. The van der Waals surface area contributed by atoms with Gasteiger partial charge in [-0.2, -0.15) is 0 Å². The number of rotatable bonds is 4. The molecule has 0 saturated heterocycles. The first-order chi connectivity index (χ1) is 10.3. The molecule has 1 aromatic heterocycles. The molecule has 0 saturated carbocycles. The summed E-state index contributed by atoms with van der Waals surface area (Å²) in [5, 5.41) is 0.968. The number of carbonyl (C=O) groups excluding carboxylic acids is 1. The number of ether oxygens (including phenoxy) is 1. The lowest BCUT2D eigenvalue weighted by molar-refractivity contribution is 0.0974. The van der Waals surface area contributed by atoms with Crippen LogP contribution in [-0.4, -0.2) is 10.5 Å². The highest BCUT2D eigenvalue weighted by molar-refractivity contribution is 5.98. The molecule has 0 unspecified atom stereocenters. The third-order valence-electron chi connectivity index (χ3n) is 3.32. The first-order valence-electron chi connectivity index (χ1n) is 6.72. The van der Waals surface area contributed by atoms with E-state index in [0.29, 0.717) is 6.61 Å². The van der Waals surface area contributed by atoms with E-state index in [4.69, 9.17) is 4.74 Å². The number of allylic oxidation sites excluding steroid dienone is 1. The van der Waals surface area contributed by atoms with Gasteiger partial charge >= 0.3 is 0 Å². The largest absolute Gasteiger partial charge is 0.489 e. The topological polar surface area (TPSA) is 31.2 Å². The Morgan fingerprint density at radius 3 is 2.71 bits per heavy atom. The highest BCUT2D eigenvalue weighted by atomic mass is 16.5. The van der Waals surface area contributed by atoms with Crippen molar-refractivity contribution in [1.29, 1.82) is 0 Å². The van der Waals surface area contributed by atoms with Gasteiger partial charge in [-0.05, 0) is 35.9 Å². The zero-order valence-electron chi connectivity index (χ0n) is 11.5. The Balaban J connectivity index is 1.82. The number of carbonyl (C=O) groups is 1. The monoisotopic (exact) mass is 277 g/mol. The van der Waals surface area contributed by atoms with Crippen molar-refractivity contribution in [2.45, 2.75) is 6.61 Å². The summed E-state index contributed by atoms with van der Waals surface area (Å²) in [6.45, 7) is 4.04. The van der Waals surface area contributed by atoms with Crippen LogP contribution in [0.15, 0.2) is 73.4 Å². The molecule has 3 aromatic rings. The average molecular weight is 277 g/mol. The number of benzene rings is 2. The molecule has 0 radical (unpaired) electrons. The molecule has 21 heavy (non-hydrogen) atoms. The normalized spacial score (nSPS) is 10.5. The molecule has 0 aliphatic carbocycles. The molecule has 0 aliphatic rings. The first-order valence-corrected chi connectivity index (χ1v) is 6.72. The van der Waals surface area contributed by atoms with E-state index in [1.54, 1.807) is 10.8 Å². The van der Waals surface area contributed by atoms with Gasteiger partial charge in [-0.25, -0.2) is 0 Å². The third-order valence-corrected chi connectivity index (χ3v) is 3.32. The smallest absolute Gasteiger partial charge is 0.254 e. The van der Waals surface area contributed by atoms with Gasteiger partial charge in [0.25, 0.3) is 5.91 Å². The zero-order valence-corrected chi connectivity index (χ0v) is 11.5. The Kier molecular flexibility index (Phi) is 3.56. The fourth-order valence-corrected chi connectivity index (χ4v) is 2.24. The van der Waals surface area contributed by atoms with Crippen molar-refractivity contribution in [2.75, 3.05) is 0 Å². The van der Waals surface area contributed by atoms with Gasteiger partial charge in [0.2, 0.25) is 0 Å². The van der Waals surface area contributed by atoms with E-state index in [1.165, 1.54) is 6.08 Å². The van der Waals surface area contributed by atoms with Crippen LogP contribution in [0.25, 0.3) is 10.9 Å². The van der Waals surface area contributed by atoms with E-state index in [-0.39, 0.29) is 5.91 Å². The molecule has 0 fully saturated rings. The van der Waals surface area contributed by atoms with Crippen molar-refractivity contribution in [3.8, 4) is 5.75 Å². The van der Waals surface area contributed by atoms with Crippen LogP contribution in [0.1, 0.15) is 10.4 Å². The molecule has 104 valence electrons. The lowest BCUT2D eigenvalue weighted by Crippen LogP contribution is -2.04. The van der Waals surface area contributed by atoms with Gasteiger partial charge in [0.15, 0.2) is 0 Å². The summed E-state index contributed by atoms with van der Waals surface area (Å²) >= 11 is 0. The summed E-state index contributed by atoms with van der Waals surface area (Å²) in [4.78, 5) is 11.7. The van der Waals surface area contributed by atoms with Gasteiger partial charge in [-0.1, -0.05) is 36.9 Å². The number of hydrogen-bond donors (Lipinski definition) is 0. The minimum absolute atomic E-state index is 0.136. The second-order valence-corrected chi connectivity index (χ2v) is 4.72. The minimum Gasteiger partial charge on any atom is -0.489 e. The second kappa shape index (κ2) is 5.67. The molecule has 0 spiro atoms. The van der Waals surface area contributed by atoms with Gasteiger partial charge in [0.1, 0.15) is 12.4 Å². The number of aromatic nitrogens is 1. The predicted octanol–water partition coefficient (Wildman–Crippen LogP) is 4.05. The summed E-state index contributed by atoms with van der Waals surface area (Å²) in [5.41, 5.74) is 1.98. The first kappa shape index (κ1) is 13.2. The minimum atomic E-state index is -0.136. The van der Waals surface area contributed by atoms with Crippen molar-refractivity contribution < 1.29 is 9.53 Å². The van der Waals surface area contributed by atoms with E-state index >= 15 is 0 Å². The summed E-state index contributed by atoms with van der Waals surface area (Å²) in [5.74, 6) is 0.651. The highest BCUT2D eigenvalue weighted by Gasteiger charge is 2.06. The van der Waals surface area contributed by atoms with Gasteiger partial charge in [0.05, 0.1) is 5.52 Å². The van der Waals surface area contributed by atoms with Gasteiger partial charge in [-0.3, -0.25) is 9.36 Å². The fraction of sp³-hybridized carbons (Fsp3) is 0.0556. The van der Waals surface area contributed by atoms with Crippen LogP contribution in [0, 0.1) is 0 Å². The molecule has 1 heterocycles. The molecule has 0 amide bonds. The van der Waals surface area contributed by atoms with Crippen LogP contribution in [0.5, 0.6) is 5.75 Å². The quantitative estimate of drug-likeness (QED) is 0.674. The summed E-state index contributed by atoms with van der Waals surface area (Å²) in [7, 11) is 0. The van der Waals surface area contributed by atoms with Gasteiger partial charge in [-0.15, -0.1) is 0 Å². The number of nitrogens with zero attached hydrogens (tertiary/aromatic N) is 1. The molecule has 0 bridgehead atoms. The molecule has 3 nitrogen and oxygen atoms in total. The van der Waals surface area contributed by atoms with Crippen molar-refractivity contribution in [3.63, 3.8) is 0 Å². The van der Waals surface area contributed by atoms with E-state index in [1.807, 2.05) is 54.6 Å². The van der Waals surface area contributed by atoms with Crippen LogP contribution in [-0.2, 0) is 6.61 Å². The molecule has 2 aromatic carbocycles. The van der Waals surface area contributed by atoms with Crippen LogP contribution in [0.2, 0.25) is 0 Å². The Morgan fingerprint density at radius 1 is 1.14 bits per heavy atom. The Morgan fingerprint density at radius 2 is 1.95 bits per heavy atom. The number of hydrogen-bond acceptors (Lipinski definition) is 2. The SMILES string of the molecule is C=CC(=O)n1ccc2cc(OCc3ccccc3)ccc21. The maximum absolute atomic E-state index is 11.7. The Labute approximate surface area is 123 Å². The average Bonchev–Trinajstić information content (AvgIpc) is 2.96. The zero-order chi connectivity index (χ0) is 14.7. The standard InChI is InChI=1S/C18H15NO2/c1-2-18(20)19-11-10-15-12-16(8-9-17(15)19)21-13-14-6-4-3-5-7-14/h2-12H,1,13H2. The number of fused-ring (bicyclic) bond motifs is 1. The molecule has 3 heteroatoms. The highest BCUT2D eigenvalue weighted by Crippen LogP contribution is 2.22. The summed E-state index contributed by atoms with van der Waals surface area (Å²) in [6.07, 6.45) is 3.05. The van der Waals surface area contributed by atoms with Crippen LogP contribution < -0.4 is 4.74 Å². The third kappa shape index (κ3) is 2.72. The van der Waals surface area contributed by atoms with Gasteiger partial charge < -0.3 is 4.74 Å². The summed E-state index contributed by atoms with van der Waals surface area (Å²) < 4.78 is 7.35. The van der Waals surface area contributed by atoms with Crippen molar-refractivity contribution in [2.24, 2.45) is 0 Å². The molecule has 0 aliphatic heterocycles. The molecular formula is C18H15NO2. The van der Waals surface area contributed by atoms with Crippen molar-refractivity contribution in [3.05, 3.63) is 79.0 Å². The maximum atomic E-state index is 11.7. The Hall–Kier alpha value is -2.81. The molecule has 0 atom stereocenters. The molecular weight excluding hydrogens is 262 g/mol. The van der Waals surface area contributed by atoms with E-state index in [0.717, 1.165) is 22.2 Å². The lowest BCUT2D eigenvalue weighted by atomic mass is 10.2. The molecule has 3 rings (SSSR count). The van der Waals surface area contributed by atoms with Crippen LogP contribution >= 0.6 is 0 Å².